The van der Waals surface area contributed by atoms with Crippen LogP contribution in [0.25, 0.3) is 0 Å². The summed E-state index contributed by atoms with van der Waals surface area (Å²) in [5, 5.41) is 0. The second-order valence-electron chi connectivity index (χ2n) is 4.57. The number of ether oxygens (including phenoxy) is 2. The lowest BCUT2D eigenvalue weighted by molar-refractivity contribution is 0.311. The molecular formula is C15H21N3O2. The first kappa shape index (κ1) is 14.4. The van der Waals surface area contributed by atoms with E-state index in [2.05, 4.69) is 4.98 Å². The Morgan fingerprint density at radius 1 is 1.30 bits per heavy atom. The molecule has 0 aliphatic rings. The number of aromatic nitrogens is 2. The monoisotopic (exact) mass is 275 g/mol. The van der Waals surface area contributed by atoms with Gasteiger partial charge in [0.25, 0.3) is 0 Å². The Kier molecular flexibility index (Phi) is 5.01. The third-order valence-corrected chi connectivity index (χ3v) is 3.19. The summed E-state index contributed by atoms with van der Waals surface area (Å²) in [7, 11) is 3.63. The maximum atomic E-state index is 5.87. The van der Waals surface area contributed by atoms with Crippen LogP contribution in [-0.4, -0.2) is 29.8 Å². The molecule has 1 aromatic heterocycles. The summed E-state index contributed by atoms with van der Waals surface area (Å²) in [4.78, 5) is 4.28. The lowest BCUT2D eigenvalue weighted by Crippen LogP contribution is -2.09. The summed E-state index contributed by atoms with van der Waals surface area (Å²) in [6.45, 7) is 1.18. The van der Waals surface area contributed by atoms with Crippen LogP contribution in [0.2, 0.25) is 0 Å². The highest BCUT2D eigenvalue weighted by atomic mass is 16.5. The molecule has 5 nitrogen and oxygen atoms in total. The van der Waals surface area contributed by atoms with Crippen LogP contribution in [-0.2, 0) is 19.9 Å². The Bertz CT molecular complexity index is 552. The van der Waals surface area contributed by atoms with Crippen molar-refractivity contribution >= 4 is 0 Å². The molecule has 0 aliphatic carbocycles. The molecule has 0 atom stereocenters. The van der Waals surface area contributed by atoms with E-state index in [1.165, 1.54) is 0 Å². The largest absolute Gasteiger partial charge is 0.497 e. The molecular weight excluding hydrogens is 254 g/mol. The highest BCUT2D eigenvalue weighted by Crippen LogP contribution is 2.25. The number of hydrogen-bond donors (Lipinski definition) is 1. The van der Waals surface area contributed by atoms with Crippen molar-refractivity contribution in [1.29, 1.82) is 0 Å². The van der Waals surface area contributed by atoms with Gasteiger partial charge in [-0.2, -0.15) is 0 Å². The van der Waals surface area contributed by atoms with Gasteiger partial charge < -0.3 is 19.8 Å². The number of nitrogens with zero attached hydrogens (tertiary/aromatic N) is 2. The minimum Gasteiger partial charge on any atom is -0.497 e. The molecule has 108 valence electrons. The van der Waals surface area contributed by atoms with Crippen molar-refractivity contribution in [3.8, 4) is 11.5 Å². The SMILES string of the molecule is COc1ccc(CCN)c(OCCc2nccn2C)c1. The average Bonchev–Trinajstić information content (AvgIpc) is 2.86. The van der Waals surface area contributed by atoms with Crippen molar-refractivity contribution in [3.05, 3.63) is 42.0 Å². The van der Waals surface area contributed by atoms with E-state index in [0.717, 1.165) is 35.7 Å². The second kappa shape index (κ2) is 6.96. The van der Waals surface area contributed by atoms with Gasteiger partial charge in [-0.1, -0.05) is 6.07 Å². The van der Waals surface area contributed by atoms with E-state index < -0.39 is 0 Å². The fraction of sp³-hybridized carbons (Fsp3) is 0.400. The fourth-order valence-electron chi connectivity index (χ4n) is 2.05. The number of hydrogen-bond acceptors (Lipinski definition) is 4. The first-order chi connectivity index (χ1) is 9.74. The molecule has 1 aromatic carbocycles. The van der Waals surface area contributed by atoms with E-state index >= 15 is 0 Å². The summed E-state index contributed by atoms with van der Waals surface area (Å²) >= 11 is 0. The molecule has 0 amide bonds. The number of aryl methyl sites for hydroxylation is 1. The van der Waals surface area contributed by atoms with Crippen LogP contribution in [0.15, 0.2) is 30.6 Å². The van der Waals surface area contributed by atoms with Crippen molar-refractivity contribution < 1.29 is 9.47 Å². The standard InChI is InChI=1S/C15H21N3O2/c1-18-9-8-17-15(18)6-10-20-14-11-13(19-2)4-3-12(14)5-7-16/h3-4,8-9,11H,5-7,10,16H2,1-2H3. The zero-order chi connectivity index (χ0) is 14.4. The van der Waals surface area contributed by atoms with Crippen LogP contribution in [0.4, 0.5) is 0 Å². The van der Waals surface area contributed by atoms with Crippen LogP contribution in [0.1, 0.15) is 11.4 Å². The van der Waals surface area contributed by atoms with Crippen LogP contribution in [0.5, 0.6) is 11.5 Å². The molecule has 0 spiro atoms. The van der Waals surface area contributed by atoms with Gasteiger partial charge in [-0.05, 0) is 24.6 Å². The summed E-state index contributed by atoms with van der Waals surface area (Å²) in [6, 6.07) is 5.84. The second-order valence-corrected chi connectivity index (χ2v) is 4.57. The van der Waals surface area contributed by atoms with Crippen LogP contribution >= 0.6 is 0 Å². The quantitative estimate of drug-likeness (QED) is 0.833. The number of nitrogens with two attached hydrogens (primary N) is 1. The van der Waals surface area contributed by atoms with Crippen molar-refractivity contribution in [2.45, 2.75) is 12.8 Å². The predicted molar refractivity (Wildman–Crippen MR) is 78.2 cm³/mol. The van der Waals surface area contributed by atoms with E-state index in [4.69, 9.17) is 15.2 Å². The molecule has 0 aliphatic heterocycles. The molecule has 2 aromatic rings. The highest BCUT2D eigenvalue weighted by Gasteiger charge is 2.06. The van der Waals surface area contributed by atoms with E-state index in [0.29, 0.717) is 13.2 Å². The van der Waals surface area contributed by atoms with Crippen LogP contribution in [0.3, 0.4) is 0 Å². The summed E-state index contributed by atoms with van der Waals surface area (Å²) < 4.78 is 13.1. The average molecular weight is 275 g/mol. The fourth-order valence-corrected chi connectivity index (χ4v) is 2.05. The summed E-state index contributed by atoms with van der Waals surface area (Å²) in [5.74, 6) is 2.63. The van der Waals surface area contributed by atoms with Crippen molar-refractivity contribution in [2.75, 3.05) is 20.3 Å². The van der Waals surface area contributed by atoms with Crippen molar-refractivity contribution in [2.24, 2.45) is 12.8 Å². The zero-order valence-corrected chi connectivity index (χ0v) is 12.0. The topological polar surface area (TPSA) is 62.3 Å². The molecule has 2 rings (SSSR count). The maximum absolute atomic E-state index is 5.87. The van der Waals surface area contributed by atoms with E-state index in [1.54, 1.807) is 13.3 Å². The van der Waals surface area contributed by atoms with Gasteiger partial charge in [0, 0.05) is 31.9 Å². The first-order valence-corrected chi connectivity index (χ1v) is 6.70. The molecule has 0 radical (unpaired) electrons. The Morgan fingerprint density at radius 2 is 2.15 bits per heavy atom. The van der Waals surface area contributed by atoms with Gasteiger partial charge in [0.15, 0.2) is 0 Å². The van der Waals surface area contributed by atoms with Gasteiger partial charge in [0.05, 0.1) is 13.7 Å². The molecule has 1 heterocycles. The Labute approximate surface area is 119 Å². The minimum absolute atomic E-state index is 0.579. The summed E-state index contributed by atoms with van der Waals surface area (Å²) in [6.07, 6.45) is 5.28. The molecule has 2 N–H and O–H groups in total. The Morgan fingerprint density at radius 3 is 2.80 bits per heavy atom. The molecule has 0 saturated heterocycles. The van der Waals surface area contributed by atoms with Crippen LogP contribution in [0, 0.1) is 0 Å². The van der Waals surface area contributed by atoms with E-state index in [1.807, 2.05) is 36.0 Å². The third kappa shape index (κ3) is 3.51. The highest BCUT2D eigenvalue weighted by molar-refractivity contribution is 5.41. The summed E-state index contributed by atoms with van der Waals surface area (Å²) in [5.41, 5.74) is 6.73. The first-order valence-electron chi connectivity index (χ1n) is 6.70. The Hall–Kier alpha value is -2.01. The van der Waals surface area contributed by atoms with Crippen molar-refractivity contribution in [1.82, 2.24) is 9.55 Å². The van der Waals surface area contributed by atoms with Crippen LogP contribution < -0.4 is 15.2 Å². The smallest absolute Gasteiger partial charge is 0.126 e. The van der Waals surface area contributed by atoms with Gasteiger partial charge in [-0.3, -0.25) is 0 Å². The van der Waals surface area contributed by atoms with Gasteiger partial charge in [-0.15, -0.1) is 0 Å². The lowest BCUT2D eigenvalue weighted by atomic mass is 10.1. The van der Waals surface area contributed by atoms with Gasteiger partial charge >= 0.3 is 0 Å². The minimum atomic E-state index is 0.579. The van der Waals surface area contributed by atoms with Crippen molar-refractivity contribution in [3.63, 3.8) is 0 Å². The van der Waals surface area contributed by atoms with E-state index in [-0.39, 0.29) is 0 Å². The third-order valence-electron chi connectivity index (χ3n) is 3.19. The molecule has 0 saturated carbocycles. The molecule has 20 heavy (non-hydrogen) atoms. The normalized spacial score (nSPS) is 10.6. The maximum Gasteiger partial charge on any atom is 0.126 e. The van der Waals surface area contributed by atoms with Gasteiger partial charge in [0.1, 0.15) is 17.3 Å². The number of imidazole rings is 1. The molecule has 0 bridgehead atoms. The van der Waals surface area contributed by atoms with E-state index in [9.17, 15) is 0 Å². The predicted octanol–water partition coefficient (Wildman–Crippen LogP) is 1.55. The number of rotatable bonds is 7. The number of benzene rings is 1. The molecule has 5 heteroatoms. The lowest BCUT2D eigenvalue weighted by Gasteiger charge is -2.12. The Balaban J connectivity index is 2.01. The van der Waals surface area contributed by atoms with Gasteiger partial charge in [0.2, 0.25) is 0 Å². The molecule has 0 fully saturated rings. The zero-order valence-electron chi connectivity index (χ0n) is 12.0. The van der Waals surface area contributed by atoms with Gasteiger partial charge in [-0.25, -0.2) is 4.98 Å². The number of methoxy groups -OCH3 is 1. The molecule has 0 unspecified atom stereocenters.